The number of likely N-dealkylation sites (N-methyl/N-ethyl adjacent to an activating group) is 1. The maximum absolute atomic E-state index is 14.1. The Labute approximate surface area is 282 Å². The van der Waals surface area contributed by atoms with Crippen molar-refractivity contribution in [2.24, 2.45) is 0 Å². The van der Waals surface area contributed by atoms with Gasteiger partial charge in [0.05, 0.1) is 5.69 Å². The van der Waals surface area contributed by atoms with Gasteiger partial charge < -0.3 is 19.1 Å². The molecule has 0 unspecified atom stereocenters. The highest BCUT2D eigenvalue weighted by molar-refractivity contribution is 5.97. The Kier molecular flexibility index (Phi) is 9.34. The van der Waals surface area contributed by atoms with Gasteiger partial charge in [-0.2, -0.15) is 0 Å². The summed E-state index contributed by atoms with van der Waals surface area (Å²) in [6.07, 6.45) is 2.62. The summed E-state index contributed by atoms with van der Waals surface area (Å²) in [6, 6.07) is 36.2. The third-order valence-corrected chi connectivity index (χ3v) is 9.17. The van der Waals surface area contributed by atoms with Crippen molar-refractivity contribution in [3.05, 3.63) is 154 Å². The van der Waals surface area contributed by atoms with Crippen LogP contribution in [-0.4, -0.2) is 36.0 Å². The van der Waals surface area contributed by atoms with Crippen LogP contribution in [0, 0.1) is 0 Å². The van der Waals surface area contributed by atoms with Crippen LogP contribution in [0.5, 0.6) is 11.6 Å². The van der Waals surface area contributed by atoms with Crippen LogP contribution < -0.4 is 9.47 Å². The highest BCUT2D eigenvalue weighted by atomic mass is 16.5. The van der Waals surface area contributed by atoms with Gasteiger partial charge in [0.2, 0.25) is 5.88 Å². The average molecular weight is 637 g/mol. The maximum Gasteiger partial charge on any atom is 0.347 e. The first kappa shape index (κ1) is 31.4. The molecule has 0 N–H and O–H groups in total. The SMILES string of the molecule is CCc1c(-c2ccc3c(c2)CC2=C3CCN(C)C2)nc(OCc2ccccc2)c(C(=O)OCc2ccccc2)c1OCc1ccccc1. The van der Waals surface area contributed by atoms with Crippen LogP contribution >= 0.6 is 0 Å². The predicted octanol–water partition coefficient (Wildman–Crippen LogP) is 8.47. The van der Waals surface area contributed by atoms with Gasteiger partial charge in [0.25, 0.3) is 0 Å². The van der Waals surface area contributed by atoms with Crippen LogP contribution in [0.25, 0.3) is 16.8 Å². The number of esters is 1. The molecule has 1 aliphatic carbocycles. The van der Waals surface area contributed by atoms with Crippen molar-refractivity contribution >= 4 is 11.5 Å². The maximum atomic E-state index is 14.1. The lowest BCUT2D eigenvalue weighted by Crippen LogP contribution is -2.26. The van der Waals surface area contributed by atoms with Crippen molar-refractivity contribution in [3.8, 4) is 22.9 Å². The van der Waals surface area contributed by atoms with Gasteiger partial charge in [-0.15, -0.1) is 0 Å². The van der Waals surface area contributed by atoms with Crippen molar-refractivity contribution in [3.63, 3.8) is 0 Å². The number of hydrogen-bond donors (Lipinski definition) is 0. The van der Waals surface area contributed by atoms with Gasteiger partial charge in [-0.1, -0.05) is 110 Å². The van der Waals surface area contributed by atoms with Crippen molar-refractivity contribution < 1.29 is 19.0 Å². The summed E-state index contributed by atoms with van der Waals surface area (Å²) in [5.41, 5.74) is 11.3. The van der Waals surface area contributed by atoms with Gasteiger partial charge in [-0.05, 0) is 71.3 Å². The Morgan fingerprint density at radius 2 is 1.42 bits per heavy atom. The zero-order chi connectivity index (χ0) is 32.9. The first-order valence-electron chi connectivity index (χ1n) is 16.7. The normalized spacial score (nSPS) is 14.0. The van der Waals surface area contributed by atoms with Crippen LogP contribution in [-0.2, 0) is 37.4 Å². The fourth-order valence-electron chi connectivity index (χ4n) is 6.72. The average Bonchev–Trinajstić information content (AvgIpc) is 3.49. The van der Waals surface area contributed by atoms with Crippen molar-refractivity contribution in [1.29, 1.82) is 0 Å². The fourth-order valence-corrected chi connectivity index (χ4v) is 6.72. The molecule has 0 saturated carbocycles. The van der Waals surface area contributed by atoms with E-state index in [0.717, 1.165) is 59.4 Å². The smallest absolute Gasteiger partial charge is 0.347 e. The third kappa shape index (κ3) is 6.76. The summed E-state index contributed by atoms with van der Waals surface area (Å²) in [6.45, 7) is 4.80. The molecule has 5 aromatic rings. The summed E-state index contributed by atoms with van der Waals surface area (Å²) in [7, 11) is 2.19. The second kappa shape index (κ2) is 14.3. The Morgan fingerprint density at radius 1 is 0.792 bits per heavy atom. The van der Waals surface area contributed by atoms with E-state index in [4.69, 9.17) is 19.2 Å². The molecule has 2 aliphatic rings. The monoisotopic (exact) mass is 636 g/mol. The van der Waals surface area contributed by atoms with Crippen LogP contribution in [0.15, 0.2) is 115 Å². The minimum atomic E-state index is -0.534. The van der Waals surface area contributed by atoms with Gasteiger partial charge in [-0.3, -0.25) is 0 Å². The number of rotatable bonds is 11. The number of fused-ring (bicyclic) bond motifs is 2. The zero-order valence-corrected chi connectivity index (χ0v) is 27.6. The zero-order valence-electron chi connectivity index (χ0n) is 27.6. The van der Waals surface area contributed by atoms with E-state index >= 15 is 0 Å². The molecule has 0 spiro atoms. The number of carbonyl (C=O) groups is 1. The molecule has 0 atom stereocenters. The van der Waals surface area contributed by atoms with Crippen molar-refractivity contribution in [2.75, 3.05) is 20.1 Å². The Hall–Kier alpha value is -5.20. The fraction of sp³-hybridized carbons (Fsp3) is 0.238. The molecule has 6 heteroatoms. The third-order valence-electron chi connectivity index (χ3n) is 9.17. The Bertz CT molecular complexity index is 1940. The van der Waals surface area contributed by atoms with Gasteiger partial charge in [0.15, 0.2) is 5.56 Å². The topological polar surface area (TPSA) is 60.9 Å². The lowest BCUT2D eigenvalue weighted by atomic mass is 9.95. The van der Waals surface area contributed by atoms with Crippen LogP contribution in [0.3, 0.4) is 0 Å². The molecule has 6 nitrogen and oxygen atoms in total. The lowest BCUT2D eigenvalue weighted by Gasteiger charge is -2.24. The highest BCUT2D eigenvalue weighted by Gasteiger charge is 2.30. The number of benzene rings is 4. The predicted molar refractivity (Wildman–Crippen MR) is 189 cm³/mol. The van der Waals surface area contributed by atoms with E-state index in [1.54, 1.807) is 0 Å². The highest BCUT2D eigenvalue weighted by Crippen LogP contribution is 2.43. The summed E-state index contributed by atoms with van der Waals surface area (Å²) in [5, 5.41) is 0. The Balaban J connectivity index is 1.32. The molecular weight excluding hydrogens is 596 g/mol. The van der Waals surface area contributed by atoms with E-state index < -0.39 is 5.97 Å². The van der Waals surface area contributed by atoms with E-state index in [1.807, 2.05) is 91.0 Å². The molecule has 242 valence electrons. The molecule has 0 amide bonds. The largest absolute Gasteiger partial charge is 0.487 e. The summed E-state index contributed by atoms with van der Waals surface area (Å²) in [5.74, 6) is 0.118. The summed E-state index contributed by atoms with van der Waals surface area (Å²) < 4.78 is 19.0. The molecule has 0 fully saturated rings. The van der Waals surface area contributed by atoms with Crippen molar-refractivity contribution in [2.45, 2.75) is 46.0 Å². The first-order chi connectivity index (χ1) is 23.6. The number of aromatic nitrogens is 1. The van der Waals surface area contributed by atoms with Gasteiger partial charge in [-0.25, -0.2) is 9.78 Å². The molecule has 1 aliphatic heterocycles. The number of ether oxygens (including phenoxy) is 3. The van der Waals surface area contributed by atoms with Gasteiger partial charge >= 0.3 is 5.97 Å². The van der Waals surface area contributed by atoms with E-state index in [1.165, 1.54) is 22.3 Å². The molecule has 48 heavy (non-hydrogen) atoms. The minimum absolute atomic E-state index is 0.122. The van der Waals surface area contributed by atoms with Crippen LogP contribution in [0.2, 0.25) is 0 Å². The van der Waals surface area contributed by atoms with E-state index in [2.05, 4.69) is 37.1 Å². The standard InChI is InChI=1S/C42H40N2O4/c1-3-35-39(32-19-20-36-33(23-32)24-34-25-44(2)22-21-37(34)36)43-41(47-27-30-15-9-5-10-16-30)38(40(35)46-26-29-13-7-4-8-14-29)42(45)48-28-31-17-11-6-12-18-31/h4-20,23H,3,21-22,24-28H2,1-2H3. The Morgan fingerprint density at radius 3 is 2.06 bits per heavy atom. The first-order valence-corrected chi connectivity index (χ1v) is 16.7. The van der Waals surface area contributed by atoms with Crippen molar-refractivity contribution in [1.82, 2.24) is 9.88 Å². The van der Waals surface area contributed by atoms with E-state index in [-0.39, 0.29) is 31.3 Å². The van der Waals surface area contributed by atoms with Crippen LogP contribution in [0.4, 0.5) is 0 Å². The lowest BCUT2D eigenvalue weighted by molar-refractivity contribution is 0.0460. The van der Waals surface area contributed by atoms with E-state index in [9.17, 15) is 4.79 Å². The number of nitrogens with zero attached hydrogens (tertiary/aromatic N) is 2. The summed E-state index contributed by atoms with van der Waals surface area (Å²) in [4.78, 5) is 21.6. The molecule has 0 radical (unpaired) electrons. The molecule has 7 rings (SSSR count). The molecule has 4 aromatic carbocycles. The minimum Gasteiger partial charge on any atom is -0.487 e. The number of carbonyl (C=O) groups excluding carboxylic acids is 1. The van der Waals surface area contributed by atoms with E-state index in [0.29, 0.717) is 12.2 Å². The van der Waals surface area contributed by atoms with Crippen LogP contribution in [0.1, 0.15) is 57.1 Å². The second-order valence-electron chi connectivity index (χ2n) is 12.5. The quantitative estimate of drug-likeness (QED) is 0.136. The van der Waals surface area contributed by atoms with Gasteiger partial charge in [0.1, 0.15) is 25.6 Å². The number of pyridine rings is 1. The molecule has 0 bridgehead atoms. The molecule has 0 saturated heterocycles. The molecule has 2 heterocycles. The molecule has 1 aromatic heterocycles. The summed E-state index contributed by atoms with van der Waals surface area (Å²) >= 11 is 0. The molecular formula is C42H40N2O4. The number of hydrogen-bond acceptors (Lipinski definition) is 6. The second-order valence-corrected chi connectivity index (χ2v) is 12.5. The van der Waals surface area contributed by atoms with Gasteiger partial charge in [0, 0.05) is 24.2 Å².